The molecule has 2 amide bonds. The Balaban J connectivity index is 1.63. The Bertz CT molecular complexity index is 1380. The molecule has 3 aromatic carbocycles. The lowest BCUT2D eigenvalue weighted by atomic mass is 10.2. The van der Waals surface area contributed by atoms with Gasteiger partial charge in [0.1, 0.15) is 0 Å². The molecule has 0 radical (unpaired) electrons. The molecular formula is C29H31ClIN3O6. The van der Waals surface area contributed by atoms with Crippen LogP contribution in [0.1, 0.15) is 41.8 Å². The van der Waals surface area contributed by atoms with Crippen molar-refractivity contribution < 1.29 is 28.5 Å². The number of amides is 2. The lowest BCUT2D eigenvalue weighted by molar-refractivity contribution is -0.118. The van der Waals surface area contributed by atoms with E-state index in [2.05, 4.69) is 38.4 Å². The van der Waals surface area contributed by atoms with E-state index in [-0.39, 0.29) is 12.5 Å². The molecule has 0 aliphatic carbocycles. The van der Waals surface area contributed by atoms with Gasteiger partial charge in [0.25, 0.3) is 11.8 Å². The van der Waals surface area contributed by atoms with E-state index < -0.39 is 5.91 Å². The monoisotopic (exact) mass is 679 g/mol. The molecule has 0 fully saturated rings. The molecule has 9 nitrogen and oxygen atoms in total. The summed E-state index contributed by atoms with van der Waals surface area (Å²) in [7, 11) is 1.50. The number of carbonyl (C=O) groups excluding carboxylic acids is 2. The second kappa shape index (κ2) is 15.3. The normalized spacial score (nSPS) is 10.8. The van der Waals surface area contributed by atoms with Crippen molar-refractivity contribution in [3.63, 3.8) is 0 Å². The lowest BCUT2D eigenvalue weighted by Gasteiger charge is -2.14. The molecule has 3 rings (SSSR count). The van der Waals surface area contributed by atoms with E-state index in [1.54, 1.807) is 42.5 Å². The third-order valence-corrected chi connectivity index (χ3v) is 6.61. The minimum Gasteiger partial charge on any atom is -0.493 e. The zero-order chi connectivity index (χ0) is 29.1. The first kappa shape index (κ1) is 31.0. The van der Waals surface area contributed by atoms with Crippen LogP contribution in [-0.2, 0) is 4.79 Å². The van der Waals surface area contributed by atoms with E-state index in [1.807, 2.05) is 26.8 Å². The molecule has 0 spiro atoms. The van der Waals surface area contributed by atoms with Crippen molar-refractivity contribution in [3.05, 3.63) is 73.8 Å². The maximum atomic E-state index is 12.7. The van der Waals surface area contributed by atoms with Crippen LogP contribution in [-0.4, -0.2) is 45.0 Å². The molecule has 3 aromatic rings. The second-order valence-corrected chi connectivity index (χ2v) is 10.0. The number of nitrogens with one attached hydrogen (secondary N) is 2. The van der Waals surface area contributed by atoms with Gasteiger partial charge in [-0.1, -0.05) is 24.6 Å². The van der Waals surface area contributed by atoms with Gasteiger partial charge < -0.3 is 24.3 Å². The van der Waals surface area contributed by atoms with Crippen molar-refractivity contribution in [1.29, 1.82) is 0 Å². The first-order chi connectivity index (χ1) is 19.2. The zero-order valence-corrected chi connectivity index (χ0v) is 25.6. The Labute approximate surface area is 252 Å². The number of rotatable bonds is 13. The Hall–Kier alpha value is -3.51. The average molecular weight is 680 g/mol. The Kier molecular flexibility index (Phi) is 11.9. The van der Waals surface area contributed by atoms with Crippen LogP contribution >= 0.6 is 34.2 Å². The van der Waals surface area contributed by atoms with Gasteiger partial charge in [0, 0.05) is 16.3 Å². The standard InChI is InChI=1S/C29H31ClIN3O6/c1-5-11-39-24-10-8-20(14-25(24)38-6-2)29(36)34-32-16-19-12-23(31)28(26(13-19)37-4)40-17-27(35)33-21-9-7-18(3)22(30)15-21/h7-10,12-16H,5-6,11,17H2,1-4H3,(H,33,35)(H,34,36)/b32-16+. The number of hydrogen-bond donors (Lipinski definition) is 2. The van der Waals surface area contributed by atoms with Gasteiger partial charge >= 0.3 is 0 Å². The van der Waals surface area contributed by atoms with Gasteiger partial charge in [-0.3, -0.25) is 9.59 Å². The predicted octanol–water partition coefficient (Wildman–Crippen LogP) is 6.23. The van der Waals surface area contributed by atoms with Crippen molar-refractivity contribution >= 4 is 57.9 Å². The number of methoxy groups -OCH3 is 1. The average Bonchev–Trinajstić information content (AvgIpc) is 2.93. The number of hydrogen-bond acceptors (Lipinski definition) is 7. The third-order valence-electron chi connectivity index (χ3n) is 5.40. The Morgan fingerprint density at radius 3 is 2.50 bits per heavy atom. The maximum absolute atomic E-state index is 12.7. The van der Waals surface area contributed by atoms with E-state index in [0.717, 1.165) is 12.0 Å². The van der Waals surface area contributed by atoms with Gasteiger partial charge in [0.05, 0.1) is 30.1 Å². The van der Waals surface area contributed by atoms with Gasteiger partial charge in [0.2, 0.25) is 0 Å². The van der Waals surface area contributed by atoms with E-state index in [4.69, 9.17) is 30.5 Å². The predicted molar refractivity (Wildman–Crippen MR) is 164 cm³/mol. The summed E-state index contributed by atoms with van der Waals surface area (Å²) < 4.78 is 23.2. The van der Waals surface area contributed by atoms with Crippen LogP contribution in [0.3, 0.4) is 0 Å². The number of benzene rings is 3. The zero-order valence-electron chi connectivity index (χ0n) is 22.7. The molecule has 0 aliphatic heterocycles. The number of halogens is 2. The fourth-order valence-electron chi connectivity index (χ4n) is 3.44. The largest absolute Gasteiger partial charge is 0.493 e. The number of nitrogens with zero attached hydrogens (tertiary/aromatic N) is 1. The molecular weight excluding hydrogens is 649 g/mol. The van der Waals surface area contributed by atoms with Crippen LogP contribution in [0.4, 0.5) is 5.69 Å². The van der Waals surface area contributed by atoms with Crippen LogP contribution in [0.25, 0.3) is 0 Å². The fourth-order valence-corrected chi connectivity index (χ4v) is 4.40. The third kappa shape index (κ3) is 8.75. The number of aryl methyl sites for hydroxylation is 1. The minimum absolute atomic E-state index is 0.229. The summed E-state index contributed by atoms with van der Waals surface area (Å²) in [5, 5.41) is 7.39. The molecule has 0 aliphatic rings. The highest BCUT2D eigenvalue weighted by molar-refractivity contribution is 14.1. The lowest BCUT2D eigenvalue weighted by Crippen LogP contribution is -2.20. The summed E-state index contributed by atoms with van der Waals surface area (Å²) in [5.41, 5.74) is 5.05. The number of hydrazone groups is 1. The van der Waals surface area contributed by atoms with Gasteiger partial charge in [-0.15, -0.1) is 0 Å². The van der Waals surface area contributed by atoms with Crippen LogP contribution in [0.15, 0.2) is 53.6 Å². The van der Waals surface area contributed by atoms with Crippen LogP contribution < -0.4 is 29.7 Å². The van der Waals surface area contributed by atoms with E-state index in [1.165, 1.54) is 13.3 Å². The van der Waals surface area contributed by atoms with Gasteiger partial charge in [0.15, 0.2) is 29.6 Å². The molecule has 2 N–H and O–H groups in total. The summed E-state index contributed by atoms with van der Waals surface area (Å²) in [6.07, 6.45) is 2.35. The number of ether oxygens (including phenoxy) is 4. The first-order valence-corrected chi connectivity index (χ1v) is 14.0. The van der Waals surface area contributed by atoms with Crippen molar-refractivity contribution in [3.8, 4) is 23.0 Å². The van der Waals surface area contributed by atoms with Crippen LogP contribution in [0, 0.1) is 10.5 Å². The molecule has 0 saturated heterocycles. The fraction of sp³-hybridized carbons (Fsp3) is 0.276. The molecule has 0 unspecified atom stereocenters. The van der Waals surface area contributed by atoms with Crippen molar-refractivity contribution in [2.24, 2.45) is 5.10 Å². The second-order valence-electron chi connectivity index (χ2n) is 8.48. The van der Waals surface area contributed by atoms with Crippen LogP contribution in [0.5, 0.6) is 23.0 Å². The van der Waals surface area contributed by atoms with E-state index in [9.17, 15) is 9.59 Å². The maximum Gasteiger partial charge on any atom is 0.271 e. The number of anilines is 1. The Morgan fingerprint density at radius 2 is 1.80 bits per heavy atom. The van der Waals surface area contributed by atoms with Gasteiger partial charge in [-0.05, 0) is 96.5 Å². The van der Waals surface area contributed by atoms with E-state index in [0.29, 0.717) is 61.6 Å². The molecule has 0 heterocycles. The highest BCUT2D eigenvalue weighted by Gasteiger charge is 2.15. The summed E-state index contributed by atoms with van der Waals surface area (Å²) in [5.74, 6) is 1.17. The van der Waals surface area contributed by atoms with Crippen molar-refractivity contribution in [2.45, 2.75) is 27.2 Å². The number of carbonyl (C=O) groups is 2. The van der Waals surface area contributed by atoms with E-state index >= 15 is 0 Å². The molecule has 40 heavy (non-hydrogen) atoms. The molecule has 212 valence electrons. The summed E-state index contributed by atoms with van der Waals surface area (Å²) in [6, 6.07) is 13.7. The first-order valence-electron chi connectivity index (χ1n) is 12.5. The highest BCUT2D eigenvalue weighted by atomic mass is 127. The molecule has 0 aromatic heterocycles. The molecule has 0 saturated carbocycles. The van der Waals surface area contributed by atoms with Gasteiger partial charge in [-0.2, -0.15) is 5.10 Å². The molecule has 0 bridgehead atoms. The van der Waals surface area contributed by atoms with Crippen molar-refractivity contribution in [2.75, 3.05) is 32.2 Å². The summed E-state index contributed by atoms with van der Waals surface area (Å²) in [4.78, 5) is 25.1. The highest BCUT2D eigenvalue weighted by Crippen LogP contribution is 2.34. The molecule has 0 atom stereocenters. The van der Waals surface area contributed by atoms with Gasteiger partial charge in [-0.25, -0.2) is 5.43 Å². The minimum atomic E-state index is -0.401. The summed E-state index contributed by atoms with van der Waals surface area (Å²) >= 11 is 8.21. The quantitative estimate of drug-likeness (QED) is 0.126. The molecule has 11 heteroatoms. The summed E-state index contributed by atoms with van der Waals surface area (Å²) in [6.45, 7) is 6.53. The smallest absolute Gasteiger partial charge is 0.271 e. The topological polar surface area (TPSA) is 107 Å². The SMILES string of the molecule is CCCOc1ccc(C(=O)N/N=C/c2cc(I)c(OCC(=O)Nc3ccc(C)c(Cl)c3)c(OC)c2)cc1OCC. The Morgan fingerprint density at radius 1 is 1.00 bits per heavy atom. The van der Waals surface area contributed by atoms with Crippen LogP contribution in [0.2, 0.25) is 5.02 Å². The van der Waals surface area contributed by atoms with Crippen molar-refractivity contribution in [1.82, 2.24) is 5.43 Å².